The van der Waals surface area contributed by atoms with Gasteiger partial charge in [-0.15, -0.1) is 0 Å². The highest BCUT2D eigenvalue weighted by Gasteiger charge is 2.34. The van der Waals surface area contributed by atoms with E-state index in [-0.39, 0.29) is 16.8 Å². The summed E-state index contributed by atoms with van der Waals surface area (Å²) in [7, 11) is 0. The van der Waals surface area contributed by atoms with Gasteiger partial charge < -0.3 is 4.98 Å². The third-order valence-electron chi connectivity index (χ3n) is 2.88. The maximum absolute atomic E-state index is 12.6. The van der Waals surface area contributed by atoms with E-state index in [2.05, 4.69) is 4.98 Å². The zero-order chi connectivity index (χ0) is 16.7. The number of hydrogen-bond donors (Lipinski definition) is 1. The molecule has 2 aromatic rings. The SMILES string of the molecule is Cc1cc(-c2cc(C(F)(F)F)[nH]c(=O)n2)ccc1C(F)(F)F. The third-order valence-corrected chi connectivity index (χ3v) is 2.88. The molecule has 1 aromatic carbocycles. The summed E-state index contributed by atoms with van der Waals surface area (Å²) in [6.07, 6.45) is -9.36. The predicted octanol–water partition coefficient (Wildman–Crippen LogP) is 3.78. The number of alkyl halides is 6. The molecule has 1 aromatic heterocycles. The molecule has 0 aliphatic carbocycles. The Hall–Kier alpha value is -2.32. The van der Waals surface area contributed by atoms with E-state index in [1.165, 1.54) is 11.9 Å². The molecule has 118 valence electrons. The Bertz CT molecular complexity index is 760. The summed E-state index contributed by atoms with van der Waals surface area (Å²) in [5.41, 5.74) is -4.00. The Morgan fingerprint density at radius 3 is 2.14 bits per heavy atom. The summed E-state index contributed by atoms with van der Waals surface area (Å²) >= 11 is 0. The van der Waals surface area contributed by atoms with Crippen molar-refractivity contribution in [1.29, 1.82) is 0 Å². The maximum Gasteiger partial charge on any atom is 0.431 e. The number of hydrogen-bond acceptors (Lipinski definition) is 2. The second-order valence-corrected chi connectivity index (χ2v) is 4.51. The molecular weight excluding hydrogens is 314 g/mol. The molecule has 9 heteroatoms. The normalized spacial score (nSPS) is 12.5. The highest BCUT2D eigenvalue weighted by atomic mass is 19.4. The van der Waals surface area contributed by atoms with E-state index >= 15 is 0 Å². The smallest absolute Gasteiger partial charge is 0.302 e. The van der Waals surface area contributed by atoms with Crippen LogP contribution in [0.25, 0.3) is 11.3 Å². The summed E-state index contributed by atoms with van der Waals surface area (Å²) in [6.45, 7) is 1.17. The summed E-state index contributed by atoms with van der Waals surface area (Å²) in [5.74, 6) is 0. The minimum Gasteiger partial charge on any atom is -0.302 e. The fourth-order valence-corrected chi connectivity index (χ4v) is 1.90. The van der Waals surface area contributed by atoms with Gasteiger partial charge >= 0.3 is 18.0 Å². The van der Waals surface area contributed by atoms with Crippen LogP contribution in [-0.4, -0.2) is 9.97 Å². The van der Waals surface area contributed by atoms with Gasteiger partial charge in [-0.05, 0) is 30.7 Å². The standard InChI is InChI=1S/C13H8F6N2O/c1-6-4-7(2-3-8(6)12(14,15)16)9-5-10(13(17,18)19)21-11(22)20-9/h2-5H,1H3,(H,20,21,22). The van der Waals surface area contributed by atoms with Gasteiger partial charge in [-0.3, -0.25) is 0 Å². The van der Waals surface area contributed by atoms with Gasteiger partial charge in [-0.1, -0.05) is 6.07 Å². The molecule has 1 heterocycles. The molecule has 0 amide bonds. The van der Waals surface area contributed by atoms with Crippen LogP contribution in [0.1, 0.15) is 16.8 Å². The van der Waals surface area contributed by atoms with Crippen molar-refractivity contribution in [3.63, 3.8) is 0 Å². The number of halogens is 6. The molecule has 0 spiro atoms. The highest BCUT2D eigenvalue weighted by Crippen LogP contribution is 2.34. The van der Waals surface area contributed by atoms with Gasteiger partial charge in [0.2, 0.25) is 0 Å². The van der Waals surface area contributed by atoms with Gasteiger partial charge in [-0.2, -0.15) is 31.3 Å². The predicted molar refractivity (Wildman–Crippen MR) is 65.0 cm³/mol. The highest BCUT2D eigenvalue weighted by molar-refractivity contribution is 5.61. The molecule has 2 rings (SSSR count). The molecule has 0 fully saturated rings. The van der Waals surface area contributed by atoms with Gasteiger partial charge in [0.25, 0.3) is 0 Å². The number of aryl methyl sites for hydroxylation is 1. The molecule has 0 unspecified atom stereocenters. The topological polar surface area (TPSA) is 45.8 Å². The maximum atomic E-state index is 12.6. The molecule has 1 N–H and O–H groups in total. The van der Waals surface area contributed by atoms with Crippen LogP contribution >= 0.6 is 0 Å². The molecular formula is C13H8F6N2O. The van der Waals surface area contributed by atoms with E-state index in [9.17, 15) is 31.1 Å². The number of benzene rings is 1. The molecule has 0 aliphatic heterocycles. The van der Waals surface area contributed by atoms with Crippen LogP contribution in [0.5, 0.6) is 0 Å². The Labute approximate surface area is 119 Å². The second-order valence-electron chi connectivity index (χ2n) is 4.51. The lowest BCUT2D eigenvalue weighted by Crippen LogP contribution is -2.19. The van der Waals surface area contributed by atoms with E-state index in [1.807, 2.05) is 0 Å². The van der Waals surface area contributed by atoms with Crippen molar-refractivity contribution in [2.45, 2.75) is 19.3 Å². The number of aromatic nitrogens is 2. The lowest BCUT2D eigenvalue weighted by Gasteiger charge is -2.12. The number of aromatic amines is 1. The summed E-state index contributed by atoms with van der Waals surface area (Å²) in [5, 5.41) is 0. The molecule has 3 nitrogen and oxygen atoms in total. The first-order valence-electron chi connectivity index (χ1n) is 5.85. The van der Waals surface area contributed by atoms with Gasteiger partial charge in [0, 0.05) is 5.56 Å². The zero-order valence-electron chi connectivity index (χ0n) is 10.9. The number of nitrogens with zero attached hydrogens (tertiary/aromatic N) is 1. The largest absolute Gasteiger partial charge is 0.431 e. The quantitative estimate of drug-likeness (QED) is 0.812. The van der Waals surface area contributed by atoms with Gasteiger partial charge in [-0.25, -0.2) is 4.79 Å². The van der Waals surface area contributed by atoms with Crippen LogP contribution in [0.15, 0.2) is 29.1 Å². The molecule has 0 aliphatic rings. The van der Waals surface area contributed by atoms with Crippen LogP contribution in [0.2, 0.25) is 0 Å². The van der Waals surface area contributed by atoms with E-state index in [1.54, 1.807) is 0 Å². The van der Waals surface area contributed by atoms with Gasteiger partial charge in [0.05, 0.1) is 11.3 Å². The summed E-state index contributed by atoms with van der Waals surface area (Å²) in [6, 6.07) is 3.31. The van der Waals surface area contributed by atoms with Crippen molar-refractivity contribution < 1.29 is 26.3 Å². The van der Waals surface area contributed by atoms with Crippen molar-refractivity contribution in [2.24, 2.45) is 0 Å². The van der Waals surface area contributed by atoms with Crippen LogP contribution in [-0.2, 0) is 12.4 Å². The minimum absolute atomic E-state index is 0.0119. The zero-order valence-corrected chi connectivity index (χ0v) is 10.9. The first kappa shape index (κ1) is 16.1. The summed E-state index contributed by atoms with van der Waals surface area (Å²) < 4.78 is 75.8. The van der Waals surface area contributed by atoms with Crippen LogP contribution in [0, 0.1) is 6.92 Å². The fraction of sp³-hybridized carbons (Fsp3) is 0.231. The van der Waals surface area contributed by atoms with Gasteiger partial charge in [0.1, 0.15) is 5.69 Å². The van der Waals surface area contributed by atoms with Gasteiger partial charge in [0.15, 0.2) is 0 Å². The Kier molecular flexibility index (Phi) is 3.76. The first-order valence-corrected chi connectivity index (χ1v) is 5.85. The van der Waals surface area contributed by atoms with E-state index in [0.29, 0.717) is 6.07 Å². The Morgan fingerprint density at radius 2 is 1.64 bits per heavy atom. The van der Waals surface area contributed by atoms with Crippen molar-refractivity contribution >= 4 is 0 Å². The second kappa shape index (κ2) is 5.15. The third kappa shape index (κ3) is 3.29. The average molecular weight is 322 g/mol. The lowest BCUT2D eigenvalue weighted by atomic mass is 10.0. The minimum atomic E-state index is -4.79. The molecule has 0 radical (unpaired) electrons. The summed E-state index contributed by atoms with van der Waals surface area (Å²) in [4.78, 5) is 16.1. The number of H-pyrrole nitrogens is 1. The van der Waals surface area contributed by atoms with Crippen molar-refractivity contribution in [1.82, 2.24) is 9.97 Å². The lowest BCUT2D eigenvalue weighted by molar-refractivity contribution is -0.141. The van der Waals surface area contributed by atoms with Crippen molar-refractivity contribution in [3.05, 3.63) is 51.6 Å². The molecule has 0 saturated carbocycles. The number of rotatable bonds is 1. The fourth-order valence-electron chi connectivity index (χ4n) is 1.90. The first-order chi connectivity index (χ1) is 9.98. The monoisotopic (exact) mass is 322 g/mol. The van der Waals surface area contributed by atoms with Crippen molar-refractivity contribution in [3.8, 4) is 11.3 Å². The van der Waals surface area contributed by atoms with E-state index in [0.717, 1.165) is 18.2 Å². The van der Waals surface area contributed by atoms with E-state index < -0.39 is 29.3 Å². The molecule has 0 saturated heterocycles. The Balaban J connectivity index is 2.56. The molecule has 0 bridgehead atoms. The Morgan fingerprint density at radius 1 is 1.00 bits per heavy atom. The van der Waals surface area contributed by atoms with Crippen LogP contribution in [0.4, 0.5) is 26.3 Å². The van der Waals surface area contributed by atoms with Crippen molar-refractivity contribution in [2.75, 3.05) is 0 Å². The van der Waals surface area contributed by atoms with Crippen LogP contribution in [0.3, 0.4) is 0 Å². The average Bonchev–Trinajstić information content (AvgIpc) is 2.35. The van der Waals surface area contributed by atoms with Crippen LogP contribution < -0.4 is 5.69 Å². The van der Waals surface area contributed by atoms with E-state index in [4.69, 9.17) is 0 Å². The molecule has 22 heavy (non-hydrogen) atoms. The number of nitrogens with one attached hydrogen (secondary N) is 1. The molecule has 0 atom stereocenters.